The summed E-state index contributed by atoms with van der Waals surface area (Å²) in [4.78, 5) is 10.0. The fourth-order valence-electron chi connectivity index (χ4n) is 4.61. The third-order valence-corrected chi connectivity index (χ3v) is 6.44. The van der Waals surface area contributed by atoms with Crippen molar-refractivity contribution in [3.8, 4) is 17.0 Å². The highest BCUT2D eigenvalue weighted by molar-refractivity contribution is 6.13. The minimum Gasteiger partial charge on any atom is -0.494 e. The minimum atomic E-state index is -0.265. The summed E-state index contributed by atoms with van der Waals surface area (Å²) >= 11 is 0. The molecule has 0 spiro atoms. The van der Waals surface area contributed by atoms with Gasteiger partial charge in [-0.3, -0.25) is 4.99 Å². The van der Waals surface area contributed by atoms with Crippen molar-refractivity contribution in [2.24, 2.45) is 10.9 Å². The zero-order valence-corrected chi connectivity index (χ0v) is 18.7. The monoisotopic (exact) mass is 421 g/mol. The normalized spacial score (nSPS) is 17.9. The summed E-state index contributed by atoms with van der Waals surface area (Å²) in [6.07, 6.45) is 0. The van der Waals surface area contributed by atoms with Crippen molar-refractivity contribution < 1.29 is 4.74 Å². The maximum Gasteiger partial charge on any atom is 0.156 e. The zero-order chi connectivity index (χ0) is 22.1. The molecule has 1 atom stereocenters. The molecule has 3 aromatic carbocycles. The van der Waals surface area contributed by atoms with E-state index in [1.807, 2.05) is 36.4 Å². The number of methoxy groups -OCH3 is 1. The van der Waals surface area contributed by atoms with Gasteiger partial charge in [-0.25, -0.2) is 4.98 Å². The largest absolute Gasteiger partial charge is 0.494 e. The van der Waals surface area contributed by atoms with Crippen LogP contribution in [0.15, 0.2) is 89.9 Å². The quantitative estimate of drug-likeness (QED) is 0.442. The number of rotatable bonds is 5. The molecule has 5 rings (SSSR count). The highest BCUT2D eigenvalue weighted by Gasteiger charge is 2.41. The Hall–Kier alpha value is -3.66. The number of fused-ring (bicyclic) bond motifs is 1. The molecular formula is C28H27N3O. The second kappa shape index (κ2) is 8.12. The molecule has 160 valence electrons. The molecule has 1 aliphatic rings. The van der Waals surface area contributed by atoms with Gasteiger partial charge in [-0.15, -0.1) is 0 Å². The Morgan fingerprint density at radius 3 is 2.22 bits per heavy atom. The van der Waals surface area contributed by atoms with Crippen molar-refractivity contribution in [3.05, 3.63) is 96.1 Å². The van der Waals surface area contributed by atoms with Gasteiger partial charge in [-0.1, -0.05) is 92.7 Å². The van der Waals surface area contributed by atoms with E-state index in [9.17, 15) is 0 Å². The number of para-hydroxylation sites is 1. The van der Waals surface area contributed by atoms with E-state index in [1.165, 1.54) is 5.56 Å². The van der Waals surface area contributed by atoms with Crippen molar-refractivity contribution in [3.63, 3.8) is 0 Å². The van der Waals surface area contributed by atoms with Gasteiger partial charge in [0.2, 0.25) is 0 Å². The highest BCUT2D eigenvalue weighted by atomic mass is 16.5. The fraction of sp³-hybridized carbons (Fsp3) is 0.214. The van der Waals surface area contributed by atoms with Crippen LogP contribution in [0.2, 0.25) is 0 Å². The van der Waals surface area contributed by atoms with E-state index in [0.717, 1.165) is 39.3 Å². The molecule has 0 saturated carbocycles. The average molecular weight is 422 g/mol. The molecule has 0 saturated heterocycles. The second-order valence-electron chi connectivity index (χ2n) is 8.53. The van der Waals surface area contributed by atoms with Gasteiger partial charge in [0, 0.05) is 10.9 Å². The Morgan fingerprint density at radius 1 is 0.875 bits per heavy atom. The standard InChI is InChI=1S/C28H27N3O/c1-19(2)28(21-14-8-5-9-15-21)18-29-27(31-28)24-22-16-10-11-17-23(22)30-25(26(24)32-3)20-12-6-4-7-13-20/h4-17,19H,18H2,1-3H3,(H,29,31). The lowest BCUT2D eigenvalue weighted by Crippen LogP contribution is -2.47. The molecule has 32 heavy (non-hydrogen) atoms. The summed E-state index contributed by atoms with van der Waals surface area (Å²) in [5.74, 6) is 1.95. The molecule has 0 amide bonds. The van der Waals surface area contributed by atoms with Gasteiger partial charge >= 0.3 is 0 Å². The van der Waals surface area contributed by atoms with E-state index < -0.39 is 0 Å². The van der Waals surface area contributed by atoms with Gasteiger partial charge in [0.15, 0.2) is 5.75 Å². The first-order valence-corrected chi connectivity index (χ1v) is 11.0. The average Bonchev–Trinajstić information content (AvgIpc) is 3.30. The molecule has 4 heteroatoms. The number of amidine groups is 1. The van der Waals surface area contributed by atoms with Crippen LogP contribution >= 0.6 is 0 Å². The van der Waals surface area contributed by atoms with Crippen molar-refractivity contribution in [2.75, 3.05) is 13.7 Å². The molecule has 1 N–H and O–H groups in total. The Morgan fingerprint density at radius 2 is 1.53 bits per heavy atom. The maximum absolute atomic E-state index is 6.00. The summed E-state index contributed by atoms with van der Waals surface area (Å²) in [6.45, 7) is 5.16. The lowest BCUT2D eigenvalue weighted by Gasteiger charge is -2.34. The number of hydrogen-bond acceptors (Lipinski definition) is 4. The number of nitrogens with zero attached hydrogens (tertiary/aromatic N) is 2. The molecule has 4 aromatic rings. The van der Waals surface area contributed by atoms with Gasteiger partial charge in [-0.2, -0.15) is 0 Å². The summed E-state index contributed by atoms with van der Waals surface area (Å²) in [7, 11) is 1.71. The van der Waals surface area contributed by atoms with Crippen molar-refractivity contribution in [1.82, 2.24) is 10.3 Å². The Kier molecular flexibility index (Phi) is 5.14. The van der Waals surface area contributed by atoms with Crippen LogP contribution in [0.25, 0.3) is 22.2 Å². The number of aromatic nitrogens is 1. The predicted molar refractivity (Wildman–Crippen MR) is 131 cm³/mol. The van der Waals surface area contributed by atoms with Crippen LogP contribution in [0, 0.1) is 5.92 Å². The first-order valence-electron chi connectivity index (χ1n) is 11.0. The van der Waals surface area contributed by atoms with Crippen LogP contribution in [0.4, 0.5) is 0 Å². The molecular weight excluding hydrogens is 394 g/mol. The SMILES string of the molecule is COc1c(-c2ccccc2)nc2ccccc2c1C1=NCC(c2ccccc2)(C(C)C)N1. The number of aliphatic imine (C=N–C) groups is 1. The molecule has 0 aliphatic carbocycles. The van der Waals surface area contributed by atoms with E-state index in [2.05, 4.69) is 67.7 Å². The molecule has 0 radical (unpaired) electrons. The number of hydrogen-bond donors (Lipinski definition) is 1. The van der Waals surface area contributed by atoms with Crippen molar-refractivity contribution >= 4 is 16.7 Å². The summed E-state index contributed by atoms with van der Waals surface area (Å²) in [5, 5.41) is 4.85. The van der Waals surface area contributed by atoms with Crippen LogP contribution in [-0.2, 0) is 5.54 Å². The third kappa shape index (κ3) is 3.23. The van der Waals surface area contributed by atoms with Crippen molar-refractivity contribution in [2.45, 2.75) is 19.4 Å². The van der Waals surface area contributed by atoms with Crippen LogP contribution in [0.3, 0.4) is 0 Å². The Bertz CT molecular complexity index is 1280. The van der Waals surface area contributed by atoms with Crippen LogP contribution in [0.5, 0.6) is 5.75 Å². The molecule has 0 fully saturated rings. The highest BCUT2D eigenvalue weighted by Crippen LogP contribution is 2.40. The minimum absolute atomic E-state index is 0.265. The third-order valence-electron chi connectivity index (χ3n) is 6.44. The van der Waals surface area contributed by atoms with E-state index in [1.54, 1.807) is 7.11 Å². The predicted octanol–water partition coefficient (Wildman–Crippen LogP) is 5.81. The number of pyridine rings is 1. The van der Waals surface area contributed by atoms with Gasteiger partial charge in [0.25, 0.3) is 0 Å². The molecule has 1 unspecified atom stereocenters. The molecule has 0 bridgehead atoms. The van der Waals surface area contributed by atoms with Gasteiger partial charge < -0.3 is 10.1 Å². The first kappa shape index (κ1) is 20.3. The fourth-order valence-corrected chi connectivity index (χ4v) is 4.61. The maximum atomic E-state index is 6.00. The molecule has 2 heterocycles. The number of benzene rings is 3. The second-order valence-corrected chi connectivity index (χ2v) is 8.53. The molecule has 1 aromatic heterocycles. The van der Waals surface area contributed by atoms with E-state index in [0.29, 0.717) is 12.5 Å². The molecule has 4 nitrogen and oxygen atoms in total. The summed E-state index contributed by atoms with van der Waals surface area (Å²) in [6, 6.07) is 29.0. The van der Waals surface area contributed by atoms with Crippen LogP contribution in [-0.4, -0.2) is 24.5 Å². The smallest absolute Gasteiger partial charge is 0.156 e. The topological polar surface area (TPSA) is 46.5 Å². The van der Waals surface area contributed by atoms with Crippen LogP contribution in [0.1, 0.15) is 25.0 Å². The number of ether oxygens (including phenoxy) is 1. The first-order chi connectivity index (χ1) is 15.6. The van der Waals surface area contributed by atoms with E-state index in [4.69, 9.17) is 14.7 Å². The van der Waals surface area contributed by atoms with E-state index >= 15 is 0 Å². The van der Waals surface area contributed by atoms with Crippen LogP contribution < -0.4 is 10.1 Å². The van der Waals surface area contributed by atoms with Gasteiger partial charge in [0.05, 0.1) is 30.3 Å². The molecule has 1 aliphatic heterocycles. The summed E-state index contributed by atoms with van der Waals surface area (Å²) < 4.78 is 6.00. The zero-order valence-electron chi connectivity index (χ0n) is 18.7. The lowest BCUT2D eigenvalue weighted by atomic mass is 9.80. The Labute approximate surface area is 189 Å². The van der Waals surface area contributed by atoms with Crippen molar-refractivity contribution in [1.29, 1.82) is 0 Å². The Balaban J connectivity index is 1.71. The van der Waals surface area contributed by atoms with E-state index in [-0.39, 0.29) is 5.54 Å². The lowest BCUT2D eigenvalue weighted by molar-refractivity contribution is 0.307. The summed E-state index contributed by atoms with van der Waals surface area (Å²) in [5.41, 5.74) is 4.72. The number of nitrogens with one attached hydrogen (secondary N) is 1. The van der Waals surface area contributed by atoms with Gasteiger partial charge in [-0.05, 0) is 17.5 Å². The van der Waals surface area contributed by atoms with Gasteiger partial charge in [0.1, 0.15) is 11.5 Å².